The van der Waals surface area contributed by atoms with E-state index in [1.807, 2.05) is 0 Å². The molecule has 0 aliphatic rings. The quantitative estimate of drug-likeness (QED) is 0.688. The van der Waals surface area contributed by atoms with Gasteiger partial charge in [0, 0.05) is 15.7 Å². The van der Waals surface area contributed by atoms with E-state index >= 15 is 0 Å². The second-order valence-corrected chi connectivity index (χ2v) is 8.22. The van der Waals surface area contributed by atoms with Gasteiger partial charge in [0.15, 0.2) is 15.6 Å². The number of methoxy groups -OCH3 is 1. The number of halogens is 1. The van der Waals surface area contributed by atoms with Gasteiger partial charge in [-0.25, -0.2) is 8.42 Å². The first-order chi connectivity index (χ1) is 11.8. The van der Waals surface area contributed by atoms with Crippen molar-refractivity contribution in [2.75, 3.05) is 23.9 Å². The number of sulfone groups is 1. The lowest BCUT2D eigenvalue weighted by Gasteiger charge is -2.07. The number of carbonyl (C=O) groups is 2. The molecular formula is C17H16BrNO5S. The smallest absolute Gasteiger partial charge is 0.239 e. The maximum absolute atomic E-state index is 12.1. The van der Waals surface area contributed by atoms with E-state index in [9.17, 15) is 18.0 Å². The van der Waals surface area contributed by atoms with Crippen LogP contribution < -0.4 is 10.1 Å². The van der Waals surface area contributed by atoms with Crippen LogP contribution in [0.25, 0.3) is 0 Å². The molecule has 0 radical (unpaired) electrons. The minimum atomic E-state index is -3.87. The fourth-order valence-corrected chi connectivity index (χ4v) is 3.45. The lowest BCUT2D eigenvalue weighted by molar-refractivity contribution is -0.113. The van der Waals surface area contributed by atoms with Gasteiger partial charge in [0.25, 0.3) is 0 Å². The molecule has 0 unspecified atom stereocenters. The normalized spacial score (nSPS) is 11.0. The van der Waals surface area contributed by atoms with Crippen LogP contribution in [0.2, 0.25) is 0 Å². The van der Waals surface area contributed by atoms with Crippen molar-refractivity contribution >= 4 is 43.1 Å². The Morgan fingerprint density at radius 3 is 2.16 bits per heavy atom. The van der Waals surface area contributed by atoms with Crippen LogP contribution in [0.1, 0.15) is 10.4 Å². The molecule has 132 valence electrons. The van der Waals surface area contributed by atoms with Crippen LogP contribution in [-0.4, -0.2) is 38.7 Å². The van der Waals surface area contributed by atoms with Gasteiger partial charge in [-0.2, -0.15) is 0 Å². The number of hydrogen-bond acceptors (Lipinski definition) is 5. The predicted octanol–water partition coefficient (Wildman–Crippen LogP) is 2.69. The van der Waals surface area contributed by atoms with E-state index in [0.717, 1.165) is 4.47 Å². The Balaban J connectivity index is 1.96. The molecule has 0 aliphatic carbocycles. The number of rotatable bonds is 7. The summed E-state index contributed by atoms with van der Waals surface area (Å²) in [5, 5.41) is 2.48. The van der Waals surface area contributed by atoms with Gasteiger partial charge in [0.1, 0.15) is 17.3 Å². The molecule has 0 heterocycles. The maximum atomic E-state index is 12.1. The van der Waals surface area contributed by atoms with Crippen molar-refractivity contribution in [3.63, 3.8) is 0 Å². The van der Waals surface area contributed by atoms with Crippen molar-refractivity contribution in [2.45, 2.75) is 0 Å². The van der Waals surface area contributed by atoms with E-state index < -0.39 is 33.0 Å². The summed E-state index contributed by atoms with van der Waals surface area (Å²) in [5.41, 5.74) is 0.725. The number of carbonyl (C=O) groups excluding carboxylic acids is 2. The summed E-state index contributed by atoms with van der Waals surface area (Å²) in [4.78, 5) is 23.9. The average Bonchev–Trinajstić information content (AvgIpc) is 2.55. The molecule has 2 aromatic carbocycles. The van der Waals surface area contributed by atoms with Crippen molar-refractivity contribution in [1.29, 1.82) is 0 Å². The number of nitrogens with one attached hydrogen (secondary N) is 1. The maximum Gasteiger partial charge on any atom is 0.239 e. The molecule has 0 aliphatic heterocycles. The molecule has 0 bridgehead atoms. The molecule has 0 saturated carbocycles. The summed E-state index contributed by atoms with van der Waals surface area (Å²) in [6, 6.07) is 12.8. The van der Waals surface area contributed by atoms with Crippen LogP contribution >= 0.6 is 15.9 Å². The minimum Gasteiger partial charge on any atom is -0.497 e. The Hall–Kier alpha value is -2.19. The zero-order valence-electron chi connectivity index (χ0n) is 13.4. The lowest BCUT2D eigenvalue weighted by Crippen LogP contribution is -2.27. The summed E-state index contributed by atoms with van der Waals surface area (Å²) >= 11 is 3.24. The van der Waals surface area contributed by atoms with Gasteiger partial charge in [-0.1, -0.05) is 28.1 Å². The van der Waals surface area contributed by atoms with Crippen molar-refractivity contribution in [3.05, 3.63) is 58.6 Å². The third kappa shape index (κ3) is 5.99. The second kappa shape index (κ2) is 8.26. The standard InChI is InChI=1S/C17H16BrNO5S/c1-24-15-8-6-14(7-9-15)19-17(21)11-25(22,23)10-16(20)12-2-4-13(18)5-3-12/h2-9H,10-11H2,1H3,(H,19,21). The molecule has 0 atom stereocenters. The number of hydrogen-bond donors (Lipinski definition) is 1. The first-order valence-electron chi connectivity index (χ1n) is 7.22. The van der Waals surface area contributed by atoms with Crippen molar-refractivity contribution in [3.8, 4) is 5.75 Å². The van der Waals surface area contributed by atoms with Crippen LogP contribution in [0.15, 0.2) is 53.0 Å². The van der Waals surface area contributed by atoms with E-state index in [1.54, 1.807) is 36.4 Å². The van der Waals surface area contributed by atoms with Crippen LogP contribution in [0.5, 0.6) is 5.75 Å². The van der Waals surface area contributed by atoms with Gasteiger partial charge < -0.3 is 10.1 Å². The number of ketones is 1. The fraction of sp³-hybridized carbons (Fsp3) is 0.176. The van der Waals surface area contributed by atoms with E-state index in [4.69, 9.17) is 4.74 Å². The molecule has 8 heteroatoms. The molecular weight excluding hydrogens is 410 g/mol. The van der Waals surface area contributed by atoms with Gasteiger partial charge in [0.2, 0.25) is 5.91 Å². The number of Topliss-reactive ketones (excluding diaryl/α,β-unsaturated/α-hetero) is 1. The first kappa shape index (κ1) is 19.1. The molecule has 25 heavy (non-hydrogen) atoms. The van der Waals surface area contributed by atoms with E-state index in [-0.39, 0.29) is 5.56 Å². The average molecular weight is 426 g/mol. The third-order valence-corrected chi connectivity index (χ3v) is 5.17. The van der Waals surface area contributed by atoms with Crippen LogP contribution in [0.4, 0.5) is 5.69 Å². The molecule has 2 rings (SSSR count). The molecule has 2 aromatic rings. The van der Waals surface area contributed by atoms with Crippen LogP contribution in [0, 0.1) is 0 Å². The highest BCUT2D eigenvalue weighted by molar-refractivity contribution is 9.10. The van der Waals surface area contributed by atoms with Gasteiger partial charge in [-0.3, -0.25) is 9.59 Å². The number of ether oxygens (including phenoxy) is 1. The number of anilines is 1. The number of benzene rings is 2. The molecule has 1 amide bonds. The molecule has 0 saturated heterocycles. The van der Waals surface area contributed by atoms with Crippen LogP contribution in [0.3, 0.4) is 0 Å². The van der Waals surface area contributed by atoms with Crippen LogP contribution in [-0.2, 0) is 14.6 Å². The van der Waals surface area contributed by atoms with Crippen molar-refractivity contribution in [1.82, 2.24) is 0 Å². The Kier molecular flexibility index (Phi) is 6.33. The summed E-state index contributed by atoms with van der Waals surface area (Å²) < 4.78 is 29.9. The van der Waals surface area contributed by atoms with E-state index in [0.29, 0.717) is 11.4 Å². The highest BCUT2D eigenvalue weighted by atomic mass is 79.9. The summed E-state index contributed by atoms with van der Waals surface area (Å²) in [6.45, 7) is 0. The summed E-state index contributed by atoms with van der Waals surface area (Å²) in [5.74, 6) is -2.12. The minimum absolute atomic E-state index is 0.280. The Bertz CT molecular complexity index is 861. The fourth-order valence-electron chi connectivity index (χ4n) is 2.04. The molecule has 1 N–H and O–H groups in total. The van der Waals surface area contributed by atoms with Crippen molar-refractivity contribution in [2.24, 2.45) is 0 Å². The molecule has 0 fully saturated rings. The third-order valence-electron chi connectivity index (χ3n) is 3.24. The lowest BCUT2D eigenvalue weighted by atomic mass is 10.2. The van der Waals surface area contributed by atoms with Gasteiger partial charge in [0.05, 0.1) is 7.11 Å². The highest BCUT2D eigenvalue weighted by Crippen LogP contribution is 2.15. The summed E-state index contributed by atoms with van der Waals surface area (Å²) in [6.07, 6.45) is 0. The zero-order chi connectivity index (χ0) is 18.4. The Morgan fingerprint density at radius 1 is 1.00 bits per heavy atom. The van der Waals surface area contributed by atoms with Gasteiger partial charge in [-0.05, 0) is 36.4 Å². The molecule has 6 nitrogen and oxygen atoms in total. The summed E-state index contributed by atoms with van der Waals surface area (Å²) in [7, 11) is -2.35. The number of amides is 1. The largest absolute Gasteiger partial charge is 0.497 e. The SMILES string of the molecule is COc1ccc(NC(=O)CS(=O)(=O)CC(=O)c2ccc(Br)cc2)cc1. The van der Waals surface area contributed by atoms with E-state index in [2.05, 4.69) is 21.2 Å². The Morgan fingerprint density at radius 2 is 1.60 bits per heavy atom. The Labute approximate surface area is 154 Å². The van der Waals surface area contributed by atoms with E-state index in [1.165, 1.54) is 19.2 Å². The van der Waals surface area contributed by atoms with Gasteiger partial charge in [-0.15, -0.1) is 0 Å². The first-order valence-corrected chi connectivity index (χ1v) is 9.83. The predicted molar refractivity (Wildman–Crippen MR) is 98.8 cm³/mol. The van der Waals surface area contributed by atoms with Gasteiger partial charge >= 0.3 is 0 Å². The highest BCUT2D eigenvalue weighted by Gasteiger charge is 2.21. The monoisotopic (exact) mass is 425 g/mol. The van der Waals surface area contributed by atoms with Crippen molar-refractivity contribution < 1.29 is 22.7 Å². The molecule has 0 aromatic heterocycles. The second-order valence-electron chi connectivity index (χ2n) is 5.24. The topological polar surface area (TPSA) is 89.5 Å². The molecule has 0 spiro atoms. The zero-order valence-corrected chi connectivity index (χ0v) is 15.8.